The van der Waals surface area contributed by atoms with Crippen LogP contribution in [0.5, 0.6) is 0 Å². The summed E-state index contributed by atoms with van der Waals surface area (Å²) in [5.41, 5.74) is 6.09. The zero-order chi connectivity index (χ0) is 17.0. The molecule has 2 aromatic rings. The lowest BCUT2D eigenvalue weighted by atomic mass is 9.86. The number of pyridine rings is 1. The SMILES string of the molecule is CCCCN(C)c1ccc(-c2cccc(C(C)(C)C)c2)nc1C. The second kappa shape index (κ2) is 7.16. The van der Waals surface area contributed by atoms with Gasteiger partial charge in [-0.3, -0.25) is 4.98 Å². The number of anilines is 1. The monoisotopic (exact) mass is 310 g/mol. The van der Waals surface area contributed by atoms with E-state index in [0.29, 0.717) is 0 Å². The number of rotatable bonds is 5. The fraction of sp³-hybridized carbons (Fsp3) is 0.476. The van der Waals surface area contributed by atoms with Gasteiger partial charge in [-0.15, -0.1) is 0 Å². The van der Waals surface area contributed by atoms with Gasteiger partial charge in [-0.05, 0) is 42.5 Å². The standard InChI is InChI=1S/C21H30N2/c1-7-8-14-23(6)20-13-12-19(22-16(20)2)17-10-9-11-18(15-17)21(3,4)5/h9-13,15H,7-8,14H2,1-6H3. The molecule has 0 saturated carbocycles. The van der Waals surface area contributed by atoms with Gasteiger partial charge in [0.25, 0.3) is 0 Å². The van der Waals surface area contributed by atoms with Crippen LogP contribution in [0.2, 0.25) is 0 Å². The zero-order valence-electron chi connectivity index (χ0n) is 15.5. The van der Waals surface area contributed by atoms with Crippen LogP contribution in [0, 0.1) is 6.92 Å². The van der Waals surface area contributed by atoms with Gasteiger partial charge in [0.1, 0.15) is 0 Å². The van der Waals surface area contributed by atoms with E-state index >= 15 is 0 Å². The summed E-state index contributed by atoms with van der Waals surface area (Å²) in [5, 5.41) is 0. The Morgan fingerprint density at radius 1 is 1.09 bits per heavy atom. The fourth-order valence-corrected chi connectivity index (χ4v) is 2.78. The molecule has 1 heterocycles. The van der Waals surface area contributed by atoms with E-state index in [9.17, 15) is 0 Å². The maximum Gasteiger partial charge on any atom is 0.0706 e. The fourth-order valence-electron chi connectivity index (χ4n) is 2.78. The molecule has 0 aliphatic carbocycles. The second-order valence-corrected chi connectivity index (χ2v) is 7.41. The minimum absolute atomic E-state index is 0.158. The van der Waals surface area contributed by atoms with Gasteiger partial charge < -0.3 is 4.90 Å². The highest BCUT2D eigenvalue weighted by Gasteiger charge is 2.15. The first-order chi connectivity index (χ1) is 10.8. The topological polar surface area (TPSA) is 16.1 Å². The first kappa shape index (κ1) is 17.5. The van der Waals surface area contributed by atoms with Crippen molar-refractivity contribution in [2.75, 3.05) is 18.5 Å². The van der Waals surface area contributed by atoms with Crippen LogP contribution in [0.1, 0.15) is 51.8 Å². The Labute approximate surface area is 141 Å². The van der Waals surface area contributed by atoms with Crippen molar-refractivity contribution >= 4 is 5.69 Å². The molecule has 0 aliphatic heterocycles. The maximum absolute atomic E-state index is 4.85. The number of nitrogens with zero attached hydrogens (tertiary/aromatic N) is 2. The highest BCUT2D eigenvalue weighted by molar-refractivity contribution is 5.64. The molecule has 0 aliphatic rings. The molecular weight excluding hydrogens is 280 g/mol. The molecule has 2 rings (SSSR count). The Morgan fingerprint density at radius 2 is 1.83 bits per heavy atom. The van der Waals surface area contributed by atoms with Gasteiger partial charge in [0.15, 0.2) is 0 Å². The minimum atomic E-state index is 0.158. The summed E-state index contributed by atoms with van der Waals surface area (Å²) in [6.45, 7) is 12.2. The molecule has 124 valence electrons. The van der Waals surface area contributed by atoms with E-state index in [1.165, 1.54) is 29.7 Å². The van der Waals surface area contributed by atoms with Crippen molar-refractivity contribution < 1.29 is 0 Å². The molecule has 0 saturated heterocycles. The highest BCUT2D eigenvalue weighted by atomic mass is 15.1. The Hall–Kier alpha value is -1.83. The lowest BCUT2D eigenvalue weighted by Crippen LogP contribution is -2.19. The summed E-state index contributed by atoms with van der Waals surface area (Å²) in [7, 11) is 2.15. The van der Waals surface area contributed by atoms with E-state index in [4.69, 9.17) is 4.98 Å². The lowest BCUT2D eigenvalue weighted by Gasteiger charge is -2.22. The first-order valence-corrected chi connectivity index (χ1v) is 8.62. The predicted molar refractivity (Wildman–Crippen MR) is 101 cm³/mol. The summed E-state index contributed by atoms with van der Waals surface area (Å²) in [6.07, 6.45) is 2.43. The third-order valence-corrected chi connectivity index (χ3v) is 4.34. The number of unbranched alkanes of at least 4 members (excludes halogenated alkanes) is 1. The molecule has 0 spiro atoms. The van der Waals surface area contributed by atoms with Gasteiger partial charge in [0.05, 0.1) is 17.1 Å². The highest BCUT2D eigenvalue weighted by Crippen LogP contribution is 2.28. The van der Waals surface area contributed by atoms with Crippen LogP contribution in [0.4, 0.5) is 5.69 Å². The zero-order valence-corrected chi connectivity index (χ0v) is 15.5. The van der Waals surface area contributed by atoms with Crippen molar-refractivity contribution in [3.8, 4) is 11.3 Å². The molecule has 0 amide bonds. The quantitative estimate of drug-likeness (QED) is 0.715. The van der Waals surface area contributed by atoms with Gasteiger partial charge in [-0.2, -0.15) is 0 Å². The number of benzene rings is 1. The van der Waals surface area contributed by atoms with Crippen LogP contribution < -0.4 is 4.90 Å². The Balaban J connectivity index is 2.30. The molecule has 0 radical (unpaired) electrons. The Morgan fingerprint density at radius 3 is 2.43 bits per heavy atom. The van der Waals surface area contributed by atoms with Crippen molar-refractivity contribution in [2.45, 2.75) is 52.9 Å². The maximum atomic E-state index is 4.85. The molecule has 0 atom stereocenters. The molecule has 23 heavy (non-hydrogen) atoms. The summed E-state index contributed by atoms with van der Waals surface area (Å²) in [5.74, 6) is 0. The first-order valence-electron chi connectivity index (χ1n) is 8.62. The van der Waals surface area contributed by atoms with E-state index in [1.54, 1.807) is 0 Å². The lowest BCUT2D eigenvalue weighted by molar-refractivity contribution is 0.590. The van der Waals surface area contributed by atoms with Crippen LogP contribution in [0.15, 0.2) is 36.4 Å². The minimum Gasteiger partial charge on any atom is -0.373 e. The smallest absolute Gasteiger partial charge is 0.0706 e. The summed E-state index contributed by atoms with van der Waals surface area (Å²) in [4.78, 5) is 7.16. The normalized spacial score (nSPS) is 11.6. The van der Waals surface area contributed by atoms with Crippen LogP contribution in [0.3, 0.4) is 0 Å². The van der Waals surface area contributed by atoms with Crippen molar-refractivity contribution in [3.63, 3.8) is 0 Å². The molecule has 1 aromatic heterocycles. The molecule has 0 fully saturated rings. The van der Waals surface area contributed by atoms with Gasteiger partial charge in [-0.25, -0.2) is 0 Å². The number of hydrogen-bond donors (Lipinski definition) is 0. The molecule has 0 bridgehead atoms. The van der Waals surface area contributed by atoms with Crippen molar-refractivity contribution in [3.05, 3.63) is 47.7 Å². The average Bonchev–Trinajstić information content (AvgIpc) is 2.51. The van der Waals surface area contributed by atoms with Gasteiger partial charge in [0, 0.05) is 19.2 Å². The Kier molecular flexibility index (Phi) is 5.46. The number of aryl methyl sites for hydroxylation is 1. The van der Waals surface area contributed by atoms with E-state index in [-0.39, 0.29) is 5.41 Å². The van der Waals surface area contributed by atoms with Gasteiger partial charge in [-0.1, -0.05) is 52.3 Å². The number of hydrogen-bond acceptors (Lipinski definition) is 2. The van der Waals surface area contributed by atoms with Crippen LogP contribution >= 0.6 is 0 Å². The van der Waals surface area contributed by atoms with Crippen LogP contribution in [-0.4, -0.2) is 18.6 Å². The Bertz CT molecular complexity index is 653. The van der Waals surface area contributed by atoms with E-state index in [0.717, 1.165) is 17.9 Å². The predicted octanol–water partition coefficient (Wildman–Crippen LogP) is 5.59. The number of aromatic nitrogens is 1. The molecule has 0 unspecified atom stereocenters. The second-order valence-electron chi connectivity index (χ2n) is 7.41. The molecule has 1 aromatic carbocycles. The van der Waals surface area contributed by atoms with E-state index in [2.05, 4.69) is 83.0 Å². The third-order valence-electron chi connectivity index (χ3n) is 4.34. The van der Waals surface area contributed by atoms with Crippen molar-refractivity contribution in [1.29, 1.82) is 0 Å². The largest absolute Gasteiger partial charge is 0.373 e. The van der Waals surface area contributed by atoms with Crippen LogP contribution in [0.25, 0.3) is 11.3 Å². The van der Waals surface area contributed by atoms with Crippen molar-refractivity contribution in [1.82, 2.24) is 4.98 Å². The van der Waals surface area contributed by atoms with Crippen LogP contribution in [-0.2, 0) is 5.41 Å². The molecule has 2 nitrogen and oxygen atoms in total. The van der Waals surface area contributed by atoms with E-state index in [1.807, 2.05) is 0 Å². The summed E-state index contributed by atoms with van der Waals surface area (Å²) >= 11 is 0. The van der Waals surface area contributed by atoms with Gasteiger partial charge in [0.2, 0.25) is 0 Å². The third kappa shape index (κ3) is 4.34. The van der Waals surface area contributed by atoms with E-state index < -0.39 is 0 Å². The average molecular weight is 310 g/mol. The van der Waals surface area contributed by atoms with Crippen molar-refractivity contribution in [2.24, 2.45) is 0 Å². The summed E-state index contributed by atoms with van der Waals surface area (Å²) < 4.78 is 0. The molecular formula is C21H30N2. The molecule has 0 N–H and O–H groups in total. The summed E-state index contributed by atoms with van der Waals surface area (Å²) in [6, 6.07) is 13.1. The van der Waals surface area contributed by atoms with Gasteiger partial charge >= 0.3 is 0 Å². The molecule has 2 heteroatoms.